The van der Waals surface area contributed by atoms with E-state index in [9.17, 15) is 8.42 Å². The van der Waals surface area contributed by atoms with Crippen LogP contribution in [0.5, 0.6) is 0 Å². The Bertz CT molecular complexity index is 765. The first kappa shape index (κ1) is 18.2. The van der Waals surface area contributed by atoms with Crippen molar-refractivity contribution < 1.29 is 8.42 Å². The van der Waals surface area contributed by atoms with Crippen LogP contribution in [0.2, 0.25) is 10.0 Å². The summed E-state index contributed by atoms with van der Waals surface area (Å²) in [6, 6.07) is 14.2. The molecule has 0 aliphatic heterocycles. The molecule has 0 amide bonds. The number of halogens is 2. The van der Waals surface area contributed by atoms with Gasteiger partial charge in [0.05, 0.1) is 0 Å². The zero-order valence-electron chi connectivity index (χ0n) is 11.9. The predicted molar refractivity (Wildman–Crippen MR) is 97.8 cm³/mol. The van der Waals surface area contributed by atoms with Gasteiger partial charge < -0.3 is 0 Å². The van der Waals surface area contributed by atoms with Crippen LogP contribution < -0.4 is 4.13 Å². The van der Waals surface area contributed by atoms with Crippen LogP contribution in [0.25, 0.3) is 0 Å². The van der Waals surface area contributed by atoms with Crippen molar-refractivity contribution in [3.05, 3.63) is 69.7 Å². The van der Waals surface area contributed by atoms with Crippen LogP contribution in [0, 0.1) is 11.2 Å². The highest BCUT2D eigenvalue weighted by molar-refractivity contribution is 8.00. The smallest absolute Gasteiger partial charge is 0.183 e. The Kier molecular flexibility index (Phi) is 7.28. The molecule has 7 heteroatoms. The predicted octanol–water partition coefficient (Wildman–Crippen LogP) is 3.46. The van der Waals surface area contributed by atoms with E-state index in [0.717, 1.165) is 5.56 Å². The number of rotatable bonds is 5. The Labute approximate surface area is 150 Å². The molecule has 2 atom stereocenters. The number of aryl methyl sites for hydroxylation is 1. The Morgan fingerprint density at radius 3 is 2.09 bits per heavy atom. The minimum absolute atomic E-state index is 0.343. The number of hydrogen-bond acceptors (Lipinski definition) is 2. The Hall–Kier alpha value is -1.16. The van der Waals surface area contributed by atoms with Gasteiger partial charge in [0.25, 0.3) is 0 Å². The molecule has 2 aromatic carbocycles. The molecular weight excluding hydrogens is 373 g/mol. The topological polar surface area (TPSA) is 46.2 Å². The van der Waals surface area contributed by atoms with Gasteiger partial charge in [-0.25, -0.2) is 8.42 Å². The third kappa shape index (κ3) is 6.86. The molecule has 0 spiro atoms. The largest absolute Gasteiger partial charge is 0.242 e. The molecule has 120 valence electrons. The van der Waals surface area contributed by atoms with Gasteiger partial charge >= 0.3 is 0 Å². The lowest BCUT2D eigenvalue weighted by atomic mass is 10.2. The first-order valence-electron chi connectivity index (χ1n) is 6.61. The van der Waals surface area contributed by atoms with Crippen molar-refractivity contribution in [3.8, 4) is 11.2 Å². The van der Waals surface area contributed by atoms with Crippen molar-refractivity contribution in [2.45, 2.75) is 6.42 Å². The maximum Gasteiger partial charge on any atom is 0.183 e. The van der Waals surface area contributed by atoms with Crippen LogP contribution in [0.15, 0.2) is 48.5 Å². The Balaban J connectivity index is 1.82. The maximum atomic E-state index is 11.8. The highest BCUT2D eigenvalue weighted by Gasteiger charge is 2.04. The first-order chi connectivity index (χ1) is 11.0. The fourth-order valence-electron chi connectivity index (χ4n) is 1.65. The van der Waals surface area contributed by atoms with E-state index in [0.29, 0.717) is 27.8 Å². The summed E-state index contributed by atoms with van der Waals surface area (Å²) in [5.41, 5.74) is 1.71. The molecule has 0 saturated heterocycles. The third-order valence-corrected chi connectivity index (χ3v) is 5.51. The van der Waals surface area contributed by atoms with E-state index in [4.69, 9.17) is 23.2 Å². The lowest BCUT2D eigenvalue weighted by Gasteiger charge is -2.02. The van der Waals surface area contributed by atoms with E-state index in [2.05, 4.69) is 15.3 Å². The van der Waals surface area contributed by atoms with Crippen LogP contribution in [-0.4, -0.2) is 14.2 Å². The summed E-state index contributed by atoms with van der Waals surface area (Å²) >= 11 is 11.6. The van der Waals surface area contributed by atoms with Gasteiger partial charge in [-0.2, -0.15) is 0 Å². The molecule has 0 aromatic heterocycles. The summed E-state index contributed by atoms with van der Waals surface area (Å²) in [6.07, 6.45) is 0.596. The minimum atomic E-state index is -1.68. The lowest BCUT2D eigenvalue weighted by molar-refractivity contribution is 0.674. The quantitative estimate of drug-likeness (QED) is 0.800. The highest BCUT2D eigenvalue weighted by Crippen LogP contribution is 2.10. The van der Waals surface area contributed by atoms with Crippen molar-refractivity contribution in [1.82, 2.24) is 4.13 Å². The van der Waals surface area contributed by atoms with E-state index in [1.165, 1.54) is 0 Å². The summed E-state index contributed by atoms with van der Waals surface area (Å²) in [7, 11) is -3.11. The molecule has 0 bridgehead atoms. The minimum Gasteiger partial charge on any atom is -0.242 e. The average Bonchev–Trinajstić information content (AvgIpc) is 2.54. The Morgan fingerprint density at radius 2 is 1.48 bits per heavy atom. The molecule has 0 aliphatic rings. The number of benzene rings is 2. The molecule has 23 heavy (non-hydrogen) atoms. The fourth-order valence-corrected chi connectivity index (χ4v) is 3.71. The molecular formula is C16H13Cl2NO2S2. The molecule has 0 aliphatic carbocycles. The van der Waals surface area contributed by atoms with Crippen molar-refractivity contribution in [2.24, 2.45) is 0 Å². The van der Waals surface area contributed by atoms with Crippen LogP contribution in [-0.2, 0) is 28.4 Å². The van der Waals surface area contributed by atoms with Gasteiger partial charge in [-0.3, -0.25) is 0 Å². The van der Waals surface area contributed by atoms with Crippen LogP contribution in [0.3, 0.4) is 0 Å². The van der Waals surface area contributed by atoms with Gasteiger partial charge in [-0.1, -0.05) is 41.3 Å². The first-order valence-corrected chi connectivity index (χ1v) is 9.83. The van der Waals surface area contributed by atoms with Gasteiger partial charge in [-0.15, -0.1) is 4.13 Å². The standard InChI is InChI=1S/C16H13Cl2NO2S2/c17-15-5-1-13(2-6-15)9-11-22(20)19-23(21)12-10-14-3-7-16(18)8-4-14/h1-8,19H,9,11H2. The van der Waals surface area contributed by atoms with E-state index in [-0.39, 0.29) is 0 Å². The van der Waals surface area contributed by atoms with E-state index in [1.807, 2.05) is 12.1 Å². The average molecular weight is 386 g/mol. The zero-order chi connectivity index (χ0) is 16.7. The highest BCUT2D eigenvalue weighted by atomic mass is 35.5. The summed E-state index contributed by atoms with van der Waals surface area (Å²) in [4.78, 5) is 0. The van der Waals surface area contributed by atoms with Gasteiger partial charge in [0.15, 0.2) is 11.0 Å². The van der Waals surface area contributed by atoms with Crippen molar-refractivity contribution in [2.75, 3.05) is 5.75 Å². The summed E-state index contributed by atoms with van der Waals surface area (Å²) in [5, 5.41) is 3.78. The van der Waals surface area contributed by atoms with E-state index >= 15 is 0 Å². The zero-order valence-corrected chi connectivity index (χ0v) is 15.1. The van der Waals surface area contributed by atoms with Crippen molar-refractivity contribution >= 4 is 45.2 Å². The van der Waals surface area contributed by atoms with Crippen LogP contribution >= 0.6 is 23.2 Å². The van der Waals surface area contributed by atoms with Crippen LogP contribution in [0.4, 0.5) is 0 Å². The van der Waals surface area contributed by atoms with E-state index in [1.54, 1.807) is 36.4 Å². The molecule has 1 N–H and O–H groups in total. The van der Waals surface area contributed by atoms with Gasteiger partial charge in [-0.05, 0) is 48.4 Å². The second-order valence-corrected chi connectivity index (χ2v) is 7.89. The van der Waals surface area contributed by atoms with Gasteiger partial charge in [0.1, 0.15) is 11.0 Å². The fraction of sp³-hybridized carbons (Fsp3) is 0.125. The van der Waals surface area contributed by atoms with Crippen molar-refractivity contribution in [1.29, 1.82) is 0 Å². The monoisotopic (exact) mass is 385 g/mol. The molecule has 0 saturated carbocycles. The van der Waals surface area contributed by atoms with Crippen molar-refractivity contribution in [3.63, 3.8) is 0 Å². The number of hydrogen-bond donors (Lipinski definition) is 1. The van der Waals surface area contributed by atoms with Gasteiger partial charge in [0.2, 0.25) is 0 Å². The second-order valence-electron chi connectivity index (χ2n) is 4.51. The third-order valence-electron chi connectivity index (χ3n) is 2.79. The molecule has 0 radical (unpaired) electrons. The molecule has 2 unspecified atom stereocenters. The summed E-state index contributed by atoms with van der Waals surface area (Å²) in [6.45, 7) is 0. The molecule has 0 heterocycles. The normalized spacial score (nSPS) is 13.0. The van der Waals surface area contributed by atoms with Gasteiger partial charge in [0, 0.05) is 26.6 Å². The SMILES string of the molecule is O=S(C#Cc1ccc(Cl)cc1)NS(=O)CCc1ccc(Cl)cc1. The molecule has 3 nitrogen and oxygen atoms in total. The Morgan fingerprint density at radius 1 is 0.913 bits per heavy atom. The molecule has 2 rings (SSSR count). The molecule has 2 aromatic rings. The summed E-state index contributed by atoms with van der Waals surface area (Å²) < 4.78 is 26.0. The lowest BCUT2D eigenvalue weighted by Crippen LogP contribution is -2.22. The number of nitrogens with one attached hydrogen (secondary N) is 1. The van der Waals surface area contributed by atoms with E-state index < -0.39 is 22.0 Å². The summed E-state index contributed by atoms with van der Waals surface area (Å²) in [5.74, 6) is 3.08. The second kappa shape index (κ2) is 9.21. The van der Waals surface area contributed by atoms with Crippen LogP contribution in [0.1, 0.15) is 11.1 Å². The maximum absolute atomic E-state index is 11.8. The molecule has 0 fully saturated rings.